The van der Waals surface area contributed by atoms with Gasteiger partial charge in [-0.05, 0) is 25.3 Å². The van der Waals surface area contributed by atoms with Gasteiger partial charge in [0, 0.05) is 32.2 Å². The van der Waals surface area contributed by atoms with Crippen LogP contribution < -0.4 is 5.32 Å². The van der Waals surface area contributed by atoms with E-state index in [0.717, 1.165) is 6.54 Å². The number of thiophene rings is 1. The second-order valence-corrected chi connectivity index (χ2v) is 6.16. The Bertz CT molecular complexity index is 475. The van der Waals surface area contributed by atoms with Gasteiger partial charge in [0.05, 0.1) is 11.4 Å². The standard InChI is InChI=1S/C14H21N3O2S/c1-10-11(2)17(7-6-15-10)13(18)9-16(3)14(19)12-5-4-8-20-12/h4-5,8,10-11,15H,6-7,9H2,1-3H3. The van der Waals surface area contributed by atoms with E-state index in [-0.39, 0.29) is 30.4 Å². The molecule has 20 heavy (non-hydrogen) atoms. The van der Waals surface area contributed by atoms with Gasteiger partial charge in [0.2, 0.25) is 5.91 Å². The molecule has 0 radical (unpaired) electrons. The summed E-state index contributed by atoms with van der Waals surface area (Å²) in [6.07, 6.45) is 0. The van der Waals surface area contributed by atoms with Crippen LogP contribution in [0.3, 0.4) is 0 Å². The topological polar surface area (TPSA) is 52.7 Å². The largest absolute Gasteiger partial charge is 0.336 e. The summed E-state index contributed by atoms with van der Waals surface area (Å²) in [5.41, 5.74) is 0. The van der Waals surface area contributed by atoms with E-state index >= 15 is 0 Å². The lowest BCUT2D eigenvalue weighted by Gasteiger charge is -2.39. The van der Waals surface area contributed by atoms with Gasteiger partial charge >= 0.3 is 0 Å². The number of carbonyl (C=O) groups excluding carboxylic acids is 2. The van der Waals surface area contributed by atoms with E-state index in [9.17, 15) is 9.59 Å². The molecule has 0 aliphatic carbocycles. The van der Waals surface area contributed by atoms with E-state index < -0.39 is 0 Å². The highest BCUT2D eigenvalue weighted by Gasteiger charge is 2.29. The molecule has 0 aromatic carbocycles. The van der Waals surface area contributed by atoms with Crippen molar-refractivity contribution in [2.45, 2.75) is 25.9 Å². The van der Waals surface area contributed by atoms with Crippen molar-refractivity contribution in [3.05, 3.63) is 22.4 Å². The van der Waals surface area contributed by atoms with Gasteiger partial charge in [-0.1, -0.05) is 6.07 Å². The number of rotatable bonds is 3. The molecule has 2 rings (SSSR count). The van der Waals surface area contributed by atoms with Crippen molar-refractivity contribution >= 4 is 23.2 Å². The maximum atomic E-state index is 12.3. The first kappa shape index (κ1) is 15.0. The summed E-state index contributed by atoms with van der Waals surface area (Å²) in [5.74, 6) is -0.0811. The fourth-order valence-electron chi connectivity index (χ4n) is 2.36. The number of likely N-dealkylation sites (N-methyl/N-ethyl adjacent to an activating group) is 1. The van der Waals surface area contributed by atoms with Crippen molar-refractivity contribution in [2.75, 3.05) is 26.7 Å². The zero-order chi connectivity index (χ0) is 14.7. The summed E-state index contributed by atoms with van der Waals surface area (Å²) in [5, 5.41) is 5.21. The first-order chi connectivity index (χ1) is 9.50. The fourth-order valence-corrected chi connectivity index (χ4v) is 3.08. The van der Waals surface area contributed by atoms with Crippen LogP contribution in [-0.2, 0) is 4.79 Å². The Hall–Kier alpha value is -1.40. The predicted molar refractivity (Wildman–Crippen MR) is 79.9 cm³/mol. The Labute approximate surface area is 123 Å². The Morgan fingerprint density at radius 3 is 2.90 bits per heavy atom. The third-order valence-corrected chi connectivity index (χ3v) is 4.66. The second-order valence-electron chi connectivity index (χ2n) is 5.21. The van der Waals surface area contributed by atoms with Crippen LogP contribution in [0.1, 0.15) is 23.5 Å². The van der Waals surface area contributed by atoms with E-state index in [0.29, 0.717) is 11.4 Å². The van der Waals surface area contributed by atoms with Gasteiger partial charge in [-0.3, -0.25) is 9.59 Å². The van der Waals surface area contributed by atoms with Crippen LogP contribution in [0.15, 0.2) is 17.5 Å². The molecular weight excluding hydrogens is 274 g/mol. The number of nitrogens with one attached hydrogen (secondary N) is 1. The van der Waals surface area contributed by atoms with Crippen molar-refractivity contribution in [1.82, 2.24) is 15.1 Å². The van der Waals surface area contributed by atoms with Crippen LogP contribution in [0, 0.1) is 0 Å². The van der Waals surface area contributed by atoms with E-state index in [1.165, 1.54) is 16.2 Å². The normalized spacial score (nSPS) is 22.6. The third-order valence-electron chi connectivity index (χ3n) is 3.81. The van der Waals surface area contributed by atoms with Crippen molar-refractivity contribution in [2.24, 2.45) is 0 Å². The minimum atomic E-state index is -0.0933. The molecule has 6 heteroatoms. The van der Waals surface area contributed by atoms with Crippen LogP contribution in [0.25, 0.3) is 0 Å². The molecule has 5 nitrogen and oxygen atoms in total. The molecule has 1 fully saturated rings. The molecule has 110 valence electrons. The molecule has 2 heterocycles. The lowest BCUT2D eigenvalue weighted by atomic mass is 10.1. The molecule has 2 unspecified atom stereocenters. The maximum Gasteiger partial charge on any atom is 0.264 e. The van der Waals surface area contributed by atoms with Gasteiger partial charge < -0.3 is 15.1 Å². The Morgan fingerprint density at radius 2 is 2.25 bits per heavy atom. The molecule has 1 aliphatic rings. The zero-order valence-electron chi connectivity index (χ0n) is 12.1. The van der Waals surface area contributed by atoms with Gasteiger partial charge in [-0.2, -0.15) is 0 Å². The molecule has 0 saturated carbocycles. The summed E-state index contributed by atoms with van der Waals surface area (Å²) >= 11 is 1.40. The third kappa shape index (κ3) is 3.19. The number of carbonyl (C=O) groups is 2. The van der Waals surface area contributed by atoms with Crippen molar-refractivity contribution in [3.63, 3.8) is 0 Å². The number of hydrogen-bond donors (Lipinski definition) is 1. The van der Waals surface area contributed by atoms with Gasteiger partial charge in [0.1, 0.15) is 0 Å². The highest BCUT2D eigenvalue weighted by atomic mass is 32.1. The molecule has 0 bridgehead atoms. The minimum Gasteiger partial charge on any atom is -0.336 e. The molecule has 1 aliphatic heterocycles. The van der Waals surface area contributed by atoms with Crippen molar-refractivity contribution in [1.29, 1.82) is 0 Å². The quantitative estimate of drug-likeness (QED) is 0.906. The molecule has 1 saturated heterocycles. The first-order valence-electron chi connectivity index (χ1n) is 6.82. The number of piperazine rings is 1. The second kappa shape index (κ2) is 6.37. The highest BCUT2D eigenvalue weighted by Crippen LogP contribution is 2.13. The fraction of sp³-hybridized carbons (Fsp3) is 0.571. The molecule has 0 spiro atoms. The predicted octanol–water partition coefficient (Wildman–Crippen LogP) is 1.03. The molecule has 2 amide bonds. The van der Waals surface area contributed by atoms with Crippen LogP contribution in [-0.4, -0.2) is 60.4 Å². The van der Waals surface area contributed by atoms with Crippen LogP contribution in [0.2, 0.25) is 0 Å². The first-order valence-corrected chi connectivity index (χ1v) is 7.70. The Kier molecular flexibility index (Phi) is 4.77. The monoisotopic (exact) mass is 295 g/mol. The van der Waals surface area contributed by atoms with E-state index in [4.69, 9.17) is 0 Å². The van der Waals surface area contributed by atoms with Crippen LogP contribution in [0.4, 0.5) is 0 Å². The van der Waals surface area contributed by atoms with E-state index in [2.05, 4.69) is 12.2 Å². The van der Waals surface area contributed by atoms with Gasteiger partial charge in [0.25, 0.3) is 5.91 Å². The van der Waals surface area contributed by atoms with Crippen molar-refractivity contribution < 1.29 is 9.59 Å². The summed E-state index contributed by atoms with van der Waals surface area (Å²) in [6.45, 7) is 5.75. The Balaban J connectivity index is 1.95. The summed E-state index contributed by atoms with van der Waals surface area (Å²) in [6, 6.07) is 4.06. The summed E-state index contributed by atoms with van der Waals surface area (Å²) in [7, 11) is 1.68. The number of amides is 2. The molecule has 2 atom stereocenters. The number of nitrogens with zero attached hydrogens (tertiary/aromatic N) is 2. The molecule has 1 N–H and O–H groups in total. The minimum absolute atomic E-state index is 0.0123. The molecule has 1 aromatic rings. The average Bonchev–Trinajstić information content (AvgIpc) is 2.94. The van der Waals surface area contributed by atoms with Gasteiger partial charge in [-0.15, -0.1) is 11.3 Å². The lowest BCUT2D eigenvalue weighted by Crippen LogP contribution is -2.58. The Morgan fingerprint density at radius 1 is 1.50 bits per heavy atom. The SMILES string of the molecule is CC1NCCN(C(=O)CN(C)C(=O)c2cccs2)C1C. The van der Waals surface area contributed by atoms with Gasteiger partial charge in [-0.25, -0.2) is 0 Å². The molecule has 1 aromatic heterocycles. The van der Waals surface area contributed by atoms with Crippen LogP contribution >= 0.6 is 11.3 Å². The zero-order valence-corrected chi connectivity index (χ0v) is 12.9. The summed E-state index contributed by atoms with van der Waals surface area (Å²) < 4.78 is 0. The number of hydrogen-bond acceptors (Lipinski definition) is 4. The smallest absolute Gasteiger partial charge is 0.264 e. The highest BCUT2D eigenvalue weighted by molar-refractivity contribution is 7.12. The van der Waals surface area contributed by atoms with E-state index in [1.54, 1.807) is 13.1 Å². The average molecular weight is 295 g/mol. The lowest BCUT2D eigenvalue weighted by molar-refractivity contribution is -0.135. The van der Waals surface area contributed by atoms with Gasteiger partial charge in [0.15, 0.2) is 0 Å². The van der Waals surface area contributed by atoms with Crippen molar-refractivity contribution in [3.8, 4) is 0 Å². The summed E-state index contributed by atoms with van der Waals surface area (Å²) in [4.78, 5) is 28.5. The molecular formula is C14H21N3O2S. The maximum absolute atomic E-state index is 12.3. The van der Waals surface area contributed by atoms with E-state index in [1.807, 2.05) is 23.3 Å². The van der Waals surface area contributed by atoms with Crippen LogP contribution in [0.5, 0.6) is 0 Å².